The summed E-state index contributed by atoms with van der Waals surface area (Å²) in [6, 6.07) is 1.89. The molecule has 12 heavy (non-hydrogen) atoms. The highest BCUT2D eigenvalue weighted by molar-refractivity contribution is 9.13. The summed E-state index contributed by atoms with van der Waals surface area (Å²) >= 11 is 10.1. The molecular formula is C7H7Br3N2. The zero-order valence-electron chi connectivity index (χ0n) is 6.07. The van der Waals surface area contributed by atoms with E-state index in [1.165, 1.54) is 0 Å². The number of nitrogen functional groups attached to an aromatic ring is 1. The van der Waals surface area contributed by atoms with Crippen LogP contribution in [0.5, 0.6) is 0 Å². The smallest absolute Gasteiger partial charge is 0.0516 e. The van der Waals surface area contributed by atoms with E-state index in [0.29, 0.717) is 12.2 Å². The standard InChI is InChI=1S/C7H7Br3N2/c8-4-1-5(9)7(12)3(2-11)6(4)10/h1H,2,11-12H2. The molecule has 1 aromatic carbocycles. The summed E-state index contributed by atoms with van der Waals surface area (Å²) in [6.45, 7) is 0.421. The van der Waals surface area contributed by atoms with Crippen LogP contribution >= 0.6 is 47.8 Å². The van der Waals surface area contributed by atoms with Crippen molar-refractivity contribution in [3.8, 4) is 0 Å². The van der Waals surface area contributed by atoms with Gasteiger partial charge in [0.2, 0.25) is 0 Å². The van der Waals surface area contributed by atoms with Crippen LogP contribution in [0.25, 0.3) is 0 Å². The van der Waals surface area contributed by atoms with Gasteiger partial charge in [-0.3, -0.25) is 0 Å². The van der Waals surface area contributed by atoms with Crippen LogP contribution < -0.4 is 11.5 Å². The van der Waals surface area contributed by atoms with Gasteiger partial charge in [-0.1, -0.05) is 0 Å². The Morgan fingerprint density at radius 3 is 2.25 bits per heavy atom. The van der Waals surface area contributed by atoms with Crippen LogP contribution in [-0.4, -0.2) is 0 Å². The van der Waals surface area contributed by atoms with Crippen LogP contribution in [0.3, 0.4) is 0 Å². The fourth-order valence-corrected chi connectivity index (χ4v) is 2.59. The van der Waals surface area contributed by atoms with Crippen molar-refractivity contribution in [2.75, 3.05) is 5.73 Å². The Kier molecular flexibility index (Phi) is 3.58. The van der Waals surface area contributed by atoms with E-state index in [0.717, 1.165) is 19.0 Å². The first kappa shape index (κ1) is 10.5. The van der Waals surface area contributed by atoms with Gasteiger partial charge in [-0.15, -0.1) is 0 Å². The minimum atomic E-state index is 0.421. The first-order valence-corrected chi connectivity index (χ1v) is 5.57. The van der Waals surface area contributed by atoms with Gasteiger partial charge in [-0.2, -0.15) is 0 Å². The predicted octanol–water partition coefficient (Wildman–Crippen LogP) is 3.02. The lowest BCUT2D eigenvalue weighted by atomic mass is 10.2. The van der Waals surface area contributed by atoms with Crippen molar-refractivity contribution in [1.29, 1.82) is 0 Å². The molecule has 0 aliphatic rings. The number of hydrogen-bond donors (Lipinski definition) is 2. The number of rotatable bonds is 1. The van der Waals surface area contributed by atoms with Crippen molar-refractivity contribution in [2.24, 2.45) is 5.73 Å². The van der Waals surface area contributed by atoms with Gasteiger partial charge in [-0.05, 0) is 53.9 Å². The Morgan fingerprint density at radius 1 is 1.17 bits per heavy atom. The molecule has 5 heteroatoms. The van der Waals surface area contributed by atoms with Gasteiger partial charge in [0.05, 0.1) is 5.69 Å². The Bertz CT molecular complexity index is 286. The van der Waals surface area contributed by atoms with Crippen LogP contribution in [0.15, 0.2) is 19.5 Å². The number of anilines is 1. The van der Waals surface area contributed by atoms with Gasteiger partial charge >= 0.3 is 0 Å². The molecule has 0 saturated carbocycles. The lowest BCUT2D eigenvalue weighted by Crippen LogP contribution is -2.03. The molecule has 0 bridgehead atoms. The third kappa shape index (κ3) is 1.84. The van der Waals surface area contributed by atoms with Crippen LogP contribution in [0.4, 0.5) is 5.69 Å². The molecule has 66 valence electrons. The molecule has 0 radical (unpaired) electrons. The van der Waals surface area contributed by atoms with E-state index < -0.39 is 0 Å². The lowest BCUT2D eigenvalue weighted by Gasteiger charge is -2.09. The molecule has 0 unspecified atom stereocenters. The Labute approximate surface area is 96.1 Å². The van der Waals surface area contributed by atoms with Crippen LogP contribution in [0, 0.1) is 0 Å². The molecule has 2 nitrogen and oxygen atoms in total. The largest absolute Gasteiger partial charge is 0.398 e. The Morgan fingerprint density at radius 2 is 1.75 bits per heavy atom. The summed E-state index contributed by atoms with van der Waals surface area (Å²) in [5.74, 6) is 0. The van der Waals surface area contributed by atoms with E-state index >= 15 is 0 Å². The Hall–Kier alpha value is 0.420. The first-order chi connectivity index (χ1) is 5.57. The average molecular weight is 359 g/mol. The second kappa shape index (κ2) is 4.09. The fraction of sp³-hybridized carbons (Fsp3) is 0.143. The number of hydrogen-bond acceptors (Lipinski definition) is 2. The van der Waals surface area contributed by atoms with Gasteiger partial charge in [-0.25, -0.2) is 0 Å². The third-order valence-electron chi connectivity index (χ3n) is 1.51. The second-order valence-electron chi connectivity index (χ2n) is 2.25. The van der Waals surface area contributed by atoms with E-state index in [4.69, 9.17) is 11.5 Å². The van der Waals surface area contributed by atoms with E-state index in [1.807, 2.05) is 6.07 Å². The molecule has 0 aliphatic heterocycles. The van der Waals surface area contributed by atoms with Gasteiger partial charge in [0.1, 0.15) is 0 Å². The molecule has 0 spiro atoms. The summed E-state index contributed by atoms with van der Waals surface area (Å²) < 4.78 is 2.73. The molecule has 0 fully saturated rings. The average Bonchev–Trinajstić information content (AvgIpc) is 2.02. The molecule has 1 rings (SSSR count). The zero-order valence-corrected chi connectivity index (χ0v) is 10.8. The normalized spacial score (nSPS) is 10.3. The van der Waals surface area contributed by atoms with Crippen molar-refractivity contribution >= 4 is 53.5 Å². The molecule has 0 atom stereocenters. The van der Waals surface area contributed by atoms with Crippen molar-refractivity contribution in [1.82, 2.24) is 0 Å². The maximum Gasteiger partial charge on any atom is 0.0516 e. The fourth-order valence-electron chi connectivity index (χ4n) is 0.858. The number of nitrogens with two attached hydrogens (primary N) is 2. The Balaban J connectivity index is 3.42. The summed E-state index contributed by atoms with van der Waals surface area (Å²) in [6.07, 6.45) is 0. The topological polar surface area (TPSA) is 52.0 Å². The monoisotopic (exact) mass is 356 g/mol. The van der Waals surface area contributed by atoms with Crippen LogP contribution in [0.1, 0.15) is 5.56 Å². The molecule has 0 saturated heterocycles. The molecule has 0 amide bonds. The van der Waals surface area contributed by atoms with Crippen molar-refractivity contribution in [3.05, 3.63) is 25.0 Å². The summed E-state index contributed by atoms with van der Waals surface area (Å²) in [4.78, 5) is 0. The molecule has 0 aromatic heterocycles. The van der Waals surface area contributed by atoms with Crippen molar-refractivity contribution < 1.29 is 0 Å². The predicted molar refractivity (Wildman–Crippen MR) is 61.8 cm³/mol. The molecule has 0 aliphatic carbocycles. The van der Waals surface area contributed by atoms with Gasteiger partial charge < -0.3 is 11.5 Å². The SMILES string of the molecule is NCc1c(N)c(Br)cc(Br)c1Br. The molecule has 4 N–H and O–H groups in total. The van der Waals surface area contributed by atoms with Crippen molar-refractivity contribution in [3.63, 3.8) is 0 Å². The second-order valence-corrected chi connectivity index (χ2v) is 4.75. The summed E-state index contributed by atoms with van der Waals surface area (Å²) in [7, 11) is 0. The van der Waals surface area contributed by atoms with E-state index in [-0.39, 0.29) is 0 Å². The first-order valence-electron chi connectivity index (χ1n) is 3.19. The molecular weight excluding hydrogens is 352 g/mol. The zero-order chi connectivity index (χ0) is 9.30. The highest BCUT2D eigenvalue weighted by Crippen LogP contribution is 2.35. The van der Waals surface area contributed by atoms with E-state index in [1.54, 1.807) is 0 Å². The third-order valence-corrected chi connectivity index (χ3v) is 4.23. The van der Waals surface area contributed by atoms with E-state index in [2.05, 4.69) is 47.8 Å². The maximum absolute atomic E-state index is 5.79. The van der Waals surface area contributed by atoms with Gasteiger partial charge in [0.15, 0.2) is 0 Å². The highest BCUT2D eigenvalue weighted by atomic mass is 79.9. The minimum absolute atomic E-state index is 0.421. The molecule has 1 aromatic rings. The van der Waals surface area contributed by atoms with E-state index in [9.17, 15) is 0 Å². The summed E-state index contributed by atoms with van der Waals surface area (Å²) in [5, 5.41) is 0. The number of halogens is 3. The maximum atomic E-state index is 5.79. The van der Waals surface area contributed by atoms with Crippen LogP contribution in [-0.2, 0) is 6.54 Å². The highest BCUT2D eigenvalue weighted by Gasteiger charge is 2.09. The molecule has 0 heterocycles. The van der Waals surface area contributed by atoms with Crippen molar-refractivity contribution in [2.45, 2.75) is 6.54 Å². The lowest BCUT2D eigenvalue weighted by molar-refractivity contribution is 1.06. The number of benzene rings is 1. The van der Waals surface area contributed by atoms with Gasteiger partial charge in [0, 0.05) is 25.5 Å². The summed E-state index contributed by atoms with van der Waals surface area (Å²) in [5.41, 5.74) is 12.9. The minimum Gasteiger partial charge on any atom is -0.398 e. The van der Waals surface area contributed by atoms with Gasteiger partial charge in [0.25, 0.3) is 0 Å². The van der Waals surface area contributed by atoms with Crippen LogP contribution in [0.2, 0.25) is 0 Å². The quantitative estimate of drug-likeness (QED) is 0.599.